The van der Waals surface area contributed by atoms with Crippen LogP contribution in [0.2, 0.25) is 0 Å². The first-order valence-corrected chi connectivity index (χ1v) is 9.10. The third-order valence-corrected chi connectivity index (χ3v) is 5.96. The van der Waals surface area contributed by atoms with E-state index in [1.165, 1.54) is 6.33 Å². The van der Waals surface area contributed by atoms with Gasteiger partial charge < -0.3 is 16.5 Å². The van der Waals surface area contributed by atoms with Gasteiger partial charge in [-0.05, 0) is 0 Å². The van der Waals surface area contributed by atoms with E-state index in [0.717, 1.165) is 0 Å². The lowest BCUT2D eigenvalue weighted by Gasteiger charge is -2.41. The molecule has 1 unspecified atom stereocenters. The molecule has 1 saturated heterocycles. The summed E-state index contributed by atoms with van der Waals surface area (Å²) in [5.74, 6) is -2.21. The molecule has 2 aliphatic rings. The third kappa shape index (κ3) is 3.10. The van der Waals surface area contributed by atoms with Crippen LogP contribution in [0.5, 0.6) is 0 Å². The summed E-state index contributed by atoms with van der Waals surface area (Å²) in [6.45, 7) is 3.82. The normalized spacial score (nSPS) is 28.6. The average Bonchev–Trinajstić information content (AvgIpc) is 3.16. The van der Waals surface area contributed by atoms with Crippen LogP contribution in [0.25, 0.3) is 0 Å². The van der Waals surface area contributed by atoms with E-state index in [1.807, 2.05) is 13.8 Å². The van der Waals surface area contributed by atoms with Crippen LogP contribution in [0.1, 0.15) is 38.8 Å². The highest BCUT2D eigenvalue weighted by atomic mass is 16.2. The number of amides is 3. The molecule has 3 amide bonds. The average molecular weight is 376 g/mol. The van der Waals surface area contributed by atoms with E-state index in [1.54, 1.807) is 6.20 Å². The summed E-state index contributed by atoms with van der Waals surface area (Å²) in [6.07, 6.45) is 3.90. The van der Waals surface area contributed by atoms with Gasteiger partial charge in [-0.1, -0.05) is 13.8 Å². The fraction of sp³-hybridized carbons (Fsp3) is 0.611. The van der Waals surface area contributed by atoms with Crippen LogP contribution in [0.15, 0.2) is 12.5 Å². The van der Waals surface area contributed by atoms with Crippen LogP contribution in [-0.2, 0) is 25.6 Å². The summed E-state index contributed by atoms with van der Waals surface area (Å²) in [4.78, 5) is 57.4. The molecule has 1 saturated carbocycles. The van der Waals surface area contributed by atoms with Crippen molar-refractivity contribution in [2.24, 2.45) is 22.8 Å². The lowest BCUT2D eigenvalue weighted by molar-refractivity contribution is -0.789. The number of nitrogens with two attached hydrogens (primary N) is 2. The van der Waals surface area contributed by atoms with Gasteiger partial charge in [-0.15, -0.1) is 0 Å². The second-order valence-electron chi connectivity index (χ2n) is 8.34. The van der Waals surface area contributed by atoms with Crippen LogP contribution < -0.4 is 11.5 Å². The summed E-state index contributed by atoms with van der Waals surface area (Å²) in [7, 11) is 0. The maximum Gasteiger partial charge on any atom is 0.338 e. The highest BCUT2D eigenvalue weighted by molar-refractivity contribution is 5.99. The number of carbonyl (C=O) groups is 4. The zero-order valence-electron chi connectivity index (χ0n) is 15.6. The Kier molecular flexibility index (Phi) is 4.77. The van der Waals surface area contributed by atoms with Crippen LogP contribution >= 0.6 is 0 Å². The quantitative estimate of drug-likeness (QED) is 0.585. The van der Waals surface area contributed by atoms with Crippen molar-refractivity contribution in [3.8, 4) is 0 Å². The minimum absolute atomic E-state index is 0.0187. The highest BCUT2D eigenvalue weighted by Gasteiger charge is 2.66. The number of hydrogen-bond donors (Lipinski definition) is 3. The molecule has 1 aliphatic heterocycles. The summed E-state index contributed by atoms with van der Waals surface area (Å²) >= 11 is 0. The number of carbonyl (C=O) groups excluding carboxylic acids is 4. The van der Waals surface area contributed by atoms with Gasteiger partial charge in [0, 0.05) is 43.0 Å². The molecule has 0 bridgehead atoms. The molecule has 1 aromatic heterocycles. The third-order valence-electron chi connectivity index (χ3n) is 5.96. The zero-order chi connectivity index (χ0) is 20.0. The van der Waals surface area contributed by atoms with Gasteiger partial charge >= 0.3 is 11.8 Å². The Hall–Kier alpha value is -2.39. The Morgan fingerprint density at radius 3 is 2.56 bits per heavy atom. The van der Waals surface area contributed by atoms with E-state index in [4.69, 9.17) is 11.5 Å². The topological polar surface area (TPSA) is 149 Å². The van der Waals surface area contributed by atoms with E-state index >= 15 is 0 Å². The van der Waals surface area contributed by atoms with Gasteiger partial charge in [0.05, 0.1) is 18.8 Å². The van der Waals surface area contributed by atoms with Crippen LogP contribution in [-0.4, -0.2) is 56.6 Å². The van der Waals surface area contributed by atoms with Crippen molar-refractivity contribution in [2.75, 3.05) is 6.54 Å². The predicted octanol–water partition coefficient (Wildman–Crippen LogP) is -0.588. The first-order valence-electron chi connectivity index (χ1n) is 9.10. The Morgan fingerprint density at radius 1 is 1.37 bits per heavy atom. The lowest BCUT2D eigenvalue weighted by Crippen LogP contribution is -2.71. The second kappa shape index (κ2) is 6.65. The number of imide groups is 1. The number of nitrogens with one attached hydrogen (secondary N) is 1. The maximum atomic E-state index is 13.5. The Bertz CT molecular complexity index is 780. The van der Waals surface area contributed by atoms with Crippen molar-refractivity contribution in [3.63, 3.8) is 0 Å². The van der Waals surface area contributed by atoms with Crippen molar-refractivity contribution in [2.45, 2.75) is 51.6 Å². The molecule has 3 rings (SSSR count). The molecule has 9 heteroatoms. The van der Waals surface area contributed by atoms with Gasteiger partial charge in [0.1, 0.15) is 11.8 Å². The van der Waals surface area contributed by atoms with Gasteiger partial charge in [0.2, 0.25) is 0 Å². The number of Topliss-reactive ketones (excluding diaryl/α,β-unsaturated/α-hetero) is 1. The largest absolute Gasteiger partial charge is 0.364 e. The van der Waals surface area contributed by atoms with Crippen molar-refractivity contribution < 1.29 is 23.7 Å². The molecule has 0 spiro atoms. The van der Waals surface area contributed by atoms with Crippen molar-refractivity contribution in [1.82, 2.24) is 9.97 Å². The van der Waals surface area contributed by atoms with E-state index < -0.39 is 45.6 Å². The Balaban J connectivity index is 1.99. The van der Waals surface area contributed by atoms with Gasteiger partial charge in [-0.25, -0.2) is 14.6 Å². The molecule has 9 nitrogen and oxygen atoms in total. The SMILES string of the molecule is CC1(C)CC[N+](C(=O)C2CC(=O)C2)(C(=O)[C@@H](N)Cc2cnc[nH]2)[C@@H]1C(N)=O. The van der Waals surface area contributed by atoms with Crippen LogP contribution in [0.3, 0.4) is 0 Å². The standard InChI is InChI=1S/C18H25N5O4/c1-18(2)3-4-23(14(18)15(20)25,16(26)10-5-12(24)6-10)17(27)13(19)7-11-8-21-9-22-11/h8-10,13-14H,3-7,19H2,1-2H3,(H2-,20,21,22,25)/p+1/t13-,14+,23?/m0/s1. The number of aromatic amines is 1. The number of quaternary nitrogens is 1. The van der Waals surface area contributed by atoms with E-state index in [0.29, 0.717) is 12.1 Å². The zero-order valence-corrected chi connectivity index (χ0v) is 15.6. The number of aromatic nitrogens is 2. The number of imidazole rings is 1. The molecule has 0 aromatic carbocycles. The van der Waals surface area contributed by atoms with Crippen molar-refractivity contribution in [1.29, 1.82) is 0 Å². The minimum Gasteiger partial charge on any atom is -0.364 e. The van der Waals surface area contributed by atoms with Crippen molar-refractivity contribution in [3.05, 3.63) is 18.2 Å². The molecule has 0 radical (unpaired) electrons. The van der Waals surface area contributed by atoms with Crippen LogP contribution in [0.4, 0.5) is 0 Å². The number of rotatable bonds is 5. The van der Waals surface area contributed by atoms with Crippen LogP contribution in [0, 0.1) is 11.3 Å². The molecule has 1 aromatic rings. The predicted molar refractivity (Wildman–Crippen MR) is 94.5 cm³/mol. The molecule has 27 heavy (non-hydrogen) atoms. The summed E-state index contributed by atoms with van der Waals surface area (Å²) in [5, 5.41) is 0. The fourth-order valence-electron chi connectivity index (χ4n) is 4.52. The minimum atomic E-state index is -0.999. The molecular formula is C18H26N5O4+. The van der Waals surface area contributed by atoms with Gasteiger partial charge in [-0.3, -0.25) is 9.59 Å². The number of nitrogens with zero attached hydrogens (tertiary/aromatic N) is 2. The number of likely N-dealkylation sites (tertiary alicyclic amines) is 1. The smallest absolute Gasteiger partial charge is 0.338 e. The number of hydrogen-bond acceptors (Lipinski definition) is 6. The van der Waals surface area contributed by atoms with Gasteiger partial charge in [-0.2, -0.15) is 4.48 Å². The highest BCUT2D eigenvalue weighted by Crippen LogP contribution is 2.45. The van der Waals surface area contributed by atoms with Gasteiger partial charge in [0.15, 0.2) is 6.04 Å². The van der Waals surface area contributed by atoms with E-state index in [-0.39, 0.29) is 31.6 Å². The lowest BCUT2D eigenvalue weighted by atomic mass is 9.80. The van der Waals surface area contributed by atoms with E-state index in [9.17, 15) is 19.2 Å². The molecule has 1 aliphatic carbocycles. The number of H-pyrrole nitrogens is 1. The monoisotopic (exact) mass is 376 g/mol. The molecule has 146 valence electrons. The summed E-state index contributed by atoms with van der Waals surface area (Å²) in [6, 6.07) is -2.00. The number of ketones is 1. The van der Waals surface area contributed by atoms with Crippen molar-refractivity contribution >= 4 is 23.5 Å². The molecule has 2 heterocycles. The maximum absolute atomic E-state index is 13.5. The Labute approximate surface area is 157 Å². The second-order valence-corrected chi connectivity index (χ2v) is 8.34. The number of primary amides is 1. The molecule has 3 atom stereocenters. The Morgan fingerprint density at radius 2 is 2.04 bits per heavy atom. The molecular weight excluding hydrogens is 350 g/mol. The summed E-state index contributed by atoms with van der Waals surface area (Å²) < 4.78 is -0.685. The fourth-order valence-corrected chi connectivity index (χ4v) is 4.52. The summed E-state index contributed by atoms with van der Waals surface area (Å²) in [5.41, 5.74) is 11.9. The molecule has 2 fully saturated rings. The van der Waals surface area contributed by atoms with Gasteiger partial charge in [0.25, 0.3) is 5.91 Å². The first-order chi connectivity index (χ1) is 12.6. The molecule has 5 N–H and O–H groups in total. The van der Waals surface area contributed by atoms with E-state index in [2.05, 4.69) is 9.97 Å². The first kappa shape index (κ1) is 19.4.